The lowest BCUT2D eigenvalue weighted by Crippen LogP contribution is -2.04. The van der Waals surface area contributed by atoms with Crippen LogP contribution in [-0.2, 0) is 4.79 Å². The highest BCUT2D eigenvalue weighted by molar-refractivity contribution is 9.10. The second-order valence-electron chi connectivity index (χ2n) is 3.36. The average Bonchev–Trinajstić information content (AvgIpc) is 2.61. The monoisotopic (exact) mass is 284 g/mol. The first kappa shape index (κ1) is 10.6. The van der Waals surface area contributed by atoms with Gasteiger partial charge in [0.15, 0.2) is 0 Å². The highest BCUT2D eigenvalue weighted by atomic mass is 79.9. The van der Waals surface area contributed by atoms with Gasteiger partial charge in [-0.25, -0.2) is 0 Å². The molecule has 78 valence electrons. The molecule has 0 aliphatic heterocycles. The van der Waals surface area contributed by atoms with Gasteiger partial charge in [0.2, 0.25) is 0 Å². The minimum Gasteiger partial charge on any atom is -0.481 e. The van der Waals surface area contributed by atoms with Crippen molar-refractivity contribution in [3.05, 3.63) is 33.6 Å². The van der Waals surface area contributed by atoms with Crippen molar-refractivity contribution in [1.82, 2.24) is 0 Å². The van der Waals surface area contributed by atoms with E-state index < -0.39 is 11.9 Å². The molecule has 0 saturated carbocycles. The Bertz CT molecular complexity index is 518. The number of carbonyl (C=O) groups is 1. The standard InChI is InChI=1S/C11H9BrO2S/c1-6(11(13)14)10-5-7-8(12)3-2-4-9(7)15-10/h2-6H,1H3,(H,13,14). The molecule has 1 N–H and O–H groups in total. The van der Waals surface area contributed by atoms with Crippen LogP contribution in [0.1, 0.15) is 17.7 Å². The average molecular weight is 285 g/mol. The van der Waals surface area contributed by atoms with Crippen LogP contribution in [0.25, 0.3) is 10.1 Å². The Balaban J connectivity index is 2.56. The van der Waals surface area contributed by atoms with Gasteiger partial charge in [0, 0.05) is 19.4 Å². The third kappa shape index (κ3) is 1.92. The van der Waals surface area contributed by atoms with Gasteiger partial charge in [-0.15, -0.1) is 11.3 Å². The minimum absolute atomic E-state index is 0.436. The lowest BCUT2D eigenvalue weighted by Gasteiger charge is -2.00. The molecule has 1 atom stereocenters. The van der Waals surface area contributed by atoms with Crippen molar-refractivity contribution in [3.63, 3.8) is 0 Å². The molecule has 2 aromatic rings. The zero-order valence-corrected chi connectivity index (χ0v) is 10.4. The molecule has 2 nitrogen and oxygen atoms in total. The number of hydrogen-bond acceptors (Lipinski definition) is 2. The topological polar surface area (TPSA) is 37.3 Å². The molecule has 2 rings (SSSR count). The number of aliphatic carboxylic acids is 1. The summed E-state index contributed by atoms with van der Waals surface area (Å²) in [5.74, 6) is -1.22. The van der Waals surface area contributed by atoms with Gasteiger partial charge in [-0.05, 0) is 25.1 Å². The summed E-state index contributed by atoms with van der Waals surface area (Å²) in [6, 6.07) is 7.87. The highest BCUT2D eigenvalue weighted by Crippen LogP contribution is 2.34. The third-order valence-electron chi connectivity index (χ3n) is 2.32. The number of thiophene rings is 1. The normalized spacial score (nSPS) is 12.9. The molecule has 1 unspecified atom stereocenters. The van der Waals surface area contributed by atoms with E-state index in [2.05, 4.69) is 15.9 Å². The van der Waals surface area contributed by atoms with Gasteiger partial charge in [0.1, 0.15) is 0 Å². The number of halogens is 1. The number of rotatable bonds is 2. The van der Waals surface area contributed by atoms with E-state index in [9.17, 15) is 4.79 Å². The van der Waals surface area contributed by atoms with Gasteiger partial charge >= 0.3 is 5.97 Å². The molecular formula is C11H9BrO2S. The Morgan fingerprint density at radius 3 is 2.87 bits per heavy atom. The predicted molar refractivity (Wildman–Crippen MR) is 65.6 cm³/mol. The molecule has 1 aromatic heterocycles. The van der Waals surface area contributed by atoms with E-state index in [0.717, 1.165) is 19.4 Å². The lowest BCUT2D eigenvalue weighted by molar-refractivity contribution is -0.138. The molecule has 0 saturated heterocycles. The van der Waals surface area contributed by atoms with Gasteiger partial charge in [-0.1, -0.05) is 22.0 Å². The maximum Gasteiger partial charge on any atom is 0.311 e. The molecule has 0 amide bonds. The molecule has 15 heavy (non-hydrogen) atoms. The van der Waals surface area contributed by atoms with Gasteiger partial charge in [-0.2, -0.15) is 0 Å². The Morgan fingerprint density at radius 2 is 2.27 bits per heavy atom. The van der Waals surface area contributed by atoms with E-state index in [-0.39, 0.29) is 0 Å². The maximum atomic E-state index is 10.9. The Kier molecular flexibility index (Phi) is 2.80. The van der Waals surface area contributed by atoms with Gasteiger partial charge < -0.3 is 5.11 Å². The summed E-state index contributed by atoms with van der Waals surface area (Å²) in [5.41, 5.74) is 0. The second kappa shape index (κ2) is 3.94. The largest absolute Gasteiger partial charge is 0.481 e. The smallest absolute Gasteiger partial charge is 0.311 e. The minimum atomic E-state index is -0.780. The first-order chi connectivity index (χ1) is 7.09. The zero-order chi connectivity index (χ0) is 11.0. The van der Waals surface area contributed by atoms with Crippen molar-refractivity contribution in [2.45, 2.75) is 12.8 Å². The van der Waals surface area contributed by atoms with E-state index in [4.69, 9.17) is 5.11 Å². The number of fused-ring (bicyclic) bond motifs is 1. The third-order valence-corrected chi connectivity index (χ3v) is 4.30. The molecule has 0 aliphatic rings. The molecule has 0 bridgehead atoms. The molecule has 4 heteroatoms. The van der Waals surface area contributed by atoms with Crippen molar-refractivity contribution >= 4 is 43.3 Å². The highest BCUT2D eigenvalue weighted by Gasteiger charge is 2.16. The number of carboxylic acids is 1. The van der Waals surface area contributed by atoms with Crippen LogP contribution in [0.5, 0.6) is 0 Å². The SMILES string of the molecule is CC(C(=O)O)c1cc2c(Br)cccc2s1. The fourth-order valence-electron chi connectivity index (χ4n) is 1.38. The van der Waals surface area contributed by atoms with Crippen molar-refractivity contribution in [2.75, 3.05) is 0 Å². The van der Waals surface area contributed by atoms with Gasteiger partial charge in [0.25, 0.3) is 0 Å². The van der Waals surface area contributed by atoms with E-state index in [1.54, 1.807) is 6.92 Å². The summed E-state index contributed by atoms with van der Waals surface area (Å²) in [7, 11) is 0. The zero-order valence-electron chi connectivity index (χ0n) is 8.03. The van der Waals surface area contributed by atoms with E-state index >= 15 is 0 Å². The number of carboxylic acid groups (broad SMARTS) is 1. The molecule has 0 radical (unpaired) electrons. The summed E-state index contributed by atoms with van der Waals surface area (Å²) >= 11 is 4.99. The van der Waals surface area contributed by atoms with Crippen LogP contribution < -0.4 is 0 Å². The van der Waals surface area contributed by atoms with Crippen LogP contribution in [0.4, 0.5) is 0 Å². The molecule has 0 aliphatic carbocycles. The summed E-state index contributed by atoms with van der Waals surface area (Å²) in [5, 5.41) is 10.0. The molecule has 0 fully saturated rings. The van der Waals surface area contributed by atoms with Crippen LogP contribution in [0, 0.1) is 0 Å². The summed E-state index contributed by atoms with van der Waals surface area (Å²) < 4.78 is 2.13. The second-order valence-corrected chi connectivity index (χ2v) is 5.33. The Labute approximate surface area is 99.7 Å². The Morgan fingerprint density at radius 1 is 1.53 bits per heavy atom. The molecule has 1 aromatic carbocycles. The van der Waals surface area contributed by atoms with Crippen LogP contribution >= 0.6 is 27.3 Å². The maximum absolute atomic E-state index is 10.9. The van der Waals surface area contributed by atoms with Gasteiger partial charge in [-0.3, -0.25) is 4.79 Å². The number of hydrogen-bond donors (Lipinski definition) is 1. The van der Waals surface area contributed by atoms with E-state index in [1.165, 1.54) is 11.3 Å². The molecular weight excluding hydrogens is 276 g/mol. The summed E-state index contributed by atoms with van der Waals surface area (Å²) in [4.78, 5) is 11.7. The van der Waals surface area contributed by atoms with Crippen LogP contribution in [0.3, 0.4) is 0 Å². The first-order valence-electron chi connectivity index (χ1n) is 4.50. The van der Waals surface area contributed by atoms with Crippen molar-refractivity contribution in [2.24, 2.45) is 0 Å². The fourth-order valence-corrected chi connectivity index (χ4v) is 3.13. The summed E-state index contributed by atoms with van der Waals surface area (Å²) in [6.45, 7) is 1.71. The van der Waals surface area contributed by atoms with Crippen LogP contribution in [0.15, 0.2) is 28.7 Å². The number of benzene rings is 1. The Hall–Kier alpha value is -0.870. The van der Waals surface area contributed by atoms with Crippen molar-refractivity contribution in [1.29, 1.82) is 0 Å². The van der Waals surface area contributed by atoms with Gasteiger partial charge in [0.05, 0.1) is 5.92 Å². The van der Waals surface area contributed by atoms with Crippen molar-refractivity contribution in [3.8, 4) is 0 Å². The quantitative estimate of drug-likeness (QED) is 0.910. The fraction of sp³-hybridized carbons (Fsp3) is 0.182. The summed E-state index contributed by atoms with van der Waals surface area (Å²) in [6.07, 6.45) is 0. The first-order valence-corrected chi connectivity index (χ1v) is 6.11. The lowest BCUT2D eigenvalue weighted by atomic mass is 10.1. The molecule has 0 spiro atoms. The van der Waals surface area contributed by atoms with Crippen molar-refractivity contribution < 1.29 is 9.90 Å². The van der Waals surface area contributed by atoms with E-state index in [1.807, 2.05) is 24.3 Å². The molecule has 1 heterocycles. The predicted octanol–water partition coefficient (Wildman–Crippen LogP) is 3.85. The van der Waals surface area contributed by atoms with E-state index in [0.29, 0.717) is 0 Å². The van der Waals surface area contributed by atoms with Crippen LogP contribution in [-0.4, -0.2) is 11.1 Å². The van der Waals surface area contributed by atoms with Crippen LogP contribution in [0.2, 0.25) is 0 Å².